The van der Waals surface area contributed by atoms with Gasteiger partial charge in [-0.2, -0.15) is 4.99 Å². The van der Waals surface area contributed by atoms with E-state index < -0.39 is 12.2 Å². The molecule has 4 aromatic rings. The van der Waals surface area contributed by atoms with Crippen molar-refractivity contribution >= 4 is 35.5 Å². The zero-order valence-electron chi connectivity index (χ0n) is 48.1. The van der Waals surface area contributed by atoms with Crippen molar-refractivity contribution in [1.29, 1.82) is 16.2 Å². The molecule has 2 aliphatic carbocycles. The largest absolute Gasteiger partial charge is 0.494 e. The van der Waals surface area contributed by atoms with E-state index in [-0.39, 0.29) is 35.6 Å². The Morgan fingerprint density at radius 2 is 0.817 bits per heavy atom. The minimum absolute atomic E-state index is 0.0297. The number of piperidine rings is 2. The number of nitrogen functional groups attached to an aromatic ring is 2. The average molecular weight is 1130 g/mol. The van der Waals surface area contributed by atoms with E-state index in [1.165, 1.54) is 44.9 Å². The van der Waals surface area contributed by atoms with Crippen LogP contribution in [0.15, 0.2) is 102 Å². The molecule has 0 atom stereocenters. The second kappa shape index (κ2) is 34.3. The third-order valence-electron chi connectivity index (χ3n) is 15.9. The first-order valence-electron chi connectivity index (χ1n) is 30.1. The van der Waals surface area contributed by atoms with E-state index in [0.29, 0.717) is 30.9 Å². The van der Waals surface area contributed by atoms with Gasteiger partial charge in [-0.1, -0.05) is 12.8 Å². The molecule has 444 valence electrons. The maximum absolute atomic E-state index is 12.2. The monoisotopic (exact) mass is 1130 g/mol. The molecular weight excluding hydrogens is 1040 g/mol. The number of aliphatic imine (C=N–C) groups is 1. The Labute approximate surface area is 485 Å². The summed E-state index contributed by atoms with van der Waals surface area (Å²) in [6.45, 7) is 9.34. The van der Waals surface area contributed by atoms with Crippen molar-refractivity contribution in [3.63, 3.8) is 0 Å². The Hall–Kier alpha value is -7.18. The van der Waals surface area contributed by atoms with Crippen molar-refractivity contribution in [1.82, 2.24) is 15.1 Å². The van der Waals surface area contributed by atoms with Crippen molar-refractivity contribution in [3.05, 3.63) is 119 Å². The van der Waals surface area contributed by atoms with Gasteiger partial charge in [-0.3, -0.25) is 21.5 Å². The number of nitrogens with zero attached hydrogens (tertiary/aromatic N) is 3. The molecule has 2 saturated carbocycles. The third-order valence-corrected chi connectivity index (χ3v) is 15.9. The van der Waals surface area contributed by atoms with Gasteiger partial charge in [-0.25, -0.2) is 9.59 Å². The molecule has 0 spiro atoms. The molecule has 8 rings (SSSR count). The number of likely N-dealkylation sites (tertiary alicyclic amines) is 2. The number of ether oxygens (including phenoxy) is 6. The number of carbonyl (C=O) groups is 2. The minimum Gasteiger partial charge on any atom is -0.494 e. The van der Waals surface area contributed by atoms with Crippen molar-refractivity contribution in [3.8, 4) is 23.0 Å². The Bertz CT molecular complexity index is 2520. The number of amidine groups is 4. The van der Waals surface area contributed by atoms with Crippen LogP contribution in [0, 0.1) is 28.1 Å². The van der Waals surface area contributed by atoms with Crippen LogP contribution >= 0.6 is 0 Å². The fourth-order valence-electron chi connectivity index (χ4n) is 11.0. The van der Waals surface area contributed by atoms with Gasteiger partial charge in [0.05, 0.1) is 26.4 Å². The molecule has 4 fully saturated rings. The summed E-state index contributed by atoms with van der Waals surface area (Å²) < 4.78 is 34.4. The van der Waals surface area contributed by atoms with Crippen LogP contribution in [0.25, 0.3) is 0 Å². The maximum Gasteiger partial charge on any atom is 0.435 e. The highest BCUT2D eigenvalue weighted by molar-refractivity contribution is 6.04. The van der Waals surface area contributed by atoms with Crippen LogP contribution < -0.4 is 41.5 Å². The van der Waals surface area contributed by atoms with Gasteiger partial charge in [0.15, 0.2) is 0 Å². The van der Waals surface area contributed by atoms with Gasteiger partial charge in [0.1, 0.15) is 58.5 Å². The van der Waals surface area contributed by atoms with Gasteiger partial charge in [0.25, 0.3) is 0 Å². The first-order valence-corrected chi connectivity index (χ1v) is 30.1. The third kappa shape index (κ3) is 22.6. The summed E-state index contributed by atoms with van der Waals surface area (Å²) in [4.78, 5) is 33.3. The van der Waals surface area contributed by atoms with Crippen LogP contribution in [0.2, 0.25) is 0 Å². The number of hydrogen-bond acceptors (Lipinski definition) is 13. The van der Waals surface area contributed by atoms with Crippen LogP contribution in [0.1, 0.15) is 151 Å². The summed E-state index contributed by atoms with van der Waals surface area (Å²) in [6.07, 6.45) is 20.4. The number of amides is 2. The second-order valence-electron chi connectivity index (χ2n) is 22.2. The van der Waals surface area contributed by atoms with E-state index in [4.69, 9.17) is 61.9 Å². The molecule has 4 aliphatic rings. The van der Waals surface area contributed by atoms with Crippen LogP contribution in [0.4, 0.5) is 9.59 Å². The number of nitrogens with two attached hydrogens (primary N) is 3. The molecular formula is C64H90N10O8. The van der Waals surface area contributed by atoms with Gasteiger partial charge in [-0.05, 0) is 251 Å². The number of alkyl carbamates (subject to hydrolysis) is 1. The highest BCUT2D eigenvalue weighted by Crippen LogP contribution is 2.26. The SMILES string of the molecule is N=C(N)c1ccc(OCCCC2CCN(CCCOc3ccc(C(=N)N)cc3)CC2)cc1.N=C(NC(=O)OC1CCCCC1)c1ccc(OCCCN2CCC(CCCOc3ccc(C(N)=NC(=O)OC4CCCCC4)cc3)CC2)cc1. The normalized spacial score (nSPS) is 16.9. The summed E-state index contributed by atoms with van der Waals surface area (Å²) in [6, 6.07) is 29.4. The van der Waals surface area contributed by atoms with Crippen molar-refractivity contribution in [2.75, 3.05) is 65.7 Å². The molecule has 2 saturated heterocycles. The van der Waals surface area contributed by atoms with Crippen LogP contribution in [-0.4, -0.2) is 123 Å². The molecule has 0 unspecified atom stereocenters. The molecule has 2 aliphatic heterocycles. The number of nitrogens with one attached hydrogen (secondary N) is 4. The zero-order chi connectivity index (χ0) is 57.7. The van der Waals surface area contributed by atoms with Crippen LogP contribution in [0.5, 0.6) is 23.0 Å². The Kier molecular flexibility index (Phi) is 26.1. The predicted octanol–water partition coefficient (Wildman–Crippen LogP) is 11.2. The summed E-state index contributed by atoms with van der Waals surface area (Å²) in [7, 11) is 0. The lowest BCUT2D eigenvalue weighted by molar-refractivity contribution is 0.0790. The van der Waals surface area contributed by atoms with Gasteiger partial charge < -0.3 is 55.4 Å². The fraction of sp³-hybridized carbons (Fsp3) is 0.531. The maximum atomic E-state index is 12.2. The summed E-state index contributed by atoms with van der Waals surface area (Å²) in [5.41, 5.74) is 19.7. The van der Waals surface area contributed by atoms with E-state index in [2.05, 4.69) is 20.1 Å². The predicted molar refractivity (Wildman–Crippen MR) is 323 cm³/mol. The molecule has 82 heavy (non-hydrogen) atoms. The lowest BCUT2D eigenvalue weighted by atomic mass is 9.92. The topological polar surface area (TPSA) is 270 Å². The van der Waals surface area contributed by atoms with Gasteiger partial charge in [0, 0.05) is 35.3 Å². The summed E-state index contributed by atoms with van der Waals surface area (Å²) in [5.74, 6) is 5.04. The highest BCUT2D eigenvalue weighted by atomic mass is 16.6. The van der Waals surface area contributed by atoms with Crippen molar-refractivity contribution in [2.45, 2.75) is 141 Å². The second-order valence-corrected chi connectivity index (χ2v) is 22.2. The minimum atomic E-state index is -0.614. The Balaban J connectivity index is 0.000000260. The molecule has 10 N–H and O–H groups in total. The van der Waals surface area contributed by atoms with Gasteiger partial charge in [0.2, 0.25) is 0 Å². The van der Waals surface area contributed by atoms with E-state index in [1.54, 1.807) is 12.1 Å². The zero-order valence-corrected chi connectivity index (χ0v) is 48.1. The summed E-state index contributed by atoms with van der Waals surface area (Å²) in [5, 5.41) is 25.6. The molecule has 0 radical (unpaired) electrons. The van der Waals surface area contributed by atoms with Gasteiger partial charge >= 0.3 is 12.2 Å². The van der Waals surface area contributed by atoms with E-state index in [1.807, 2.05) is 84.9 Å². The number of rotatable bonds is 26. The molecule has 0 bridgehead atoms. The van der Waals surface area contributed by atoms with Crippen molar-refractivity contribution < 1.29 is 38.0 Å². The standard InChI is InChI=1S/C39H55N5O6.C25H35N5O2/c40-36(42-38(45)49-34-10-3-1-4-11-34)30-14-18-32(19-15-30)47-27-7-9-29-22-25-44(26-23-29)24-8-28-48-33-20-16-31(17-21-33)37(41)43-39(46)50-35-12-5-2-6-13-35;26-24(27)20-4-8-22(9-5-20)31-17-1-3-19-12-15-30(16-13-19)14-2-18-32-23-10-6-21(7-11-23)25(28)29/h14-21,29,34-35H,1-13,22-28H2,(H2,40,42,45)(H2,41,43,46);4-11,19H,1-3,12-18H2,(H3,26,27)(H3,28,29). The van der Waals surface area contributed by atoms with Crippen molar-refractivity contribution in [2.24, 2.45) is 34.0 Å². The lowest BCUT2D eigenvalue weighted by Crippen LogP contribution is -2.35. The van der Waals surface area contributed by atoms with E-state index in [9.17, 15) is 9.59 Å². The van der Waals surface area contributed by atoms with E-state index >= 15 is 0 Å². The van der Waals surface area contributed by atoms with Crippen LogP contribution in [0.3, 0.4) is 0 Å². The first kappa shape index (κ1) is 62.4. The quantitative estimate of drug-likeness (QED) is 0.0175. The molecule has 0 aromatic heterocycles. The number of benzene rings is 4. The Morgan fingerprint density at radius 3 is 1.21 bits per heavy atom. The number of carbonyl (C=O) groups excluding carboxylic acids is 2. The first-order chi connectivity index (χ1) is 39.9. The molecule has 18 nitrogen and oxygen atoms in total. The smallest absolute Gasteiger partial charge is 0.435 e. The lowest BCUT2D eigenvalue weighted by Gasteiger charge is -2.32. The Morgan fingerprint density at radius 1 is 0.463 bits per heavy atom. The number of hydrogen-bond donors (Lipinski definition) is 7. The summed E-state index contributed by atoms with van der Waals surface area (Å²) >= 11 is 0. The molecule has 18 heteroatoms. The van der Waals surface area contributed by atoms with E-state index in [0.717, 1.165) is 175 Å². The van der Waals surface area contributed by atoms with Crippen LogP contribution in [-0.2, 0) is 9.47 Å². The average Bonchev–Trinajstić information content (AvgIpc) is 3.51. The molecule has 2 heterocycles. The molecule has 4 aromatic carbocycles. The fourth-order valence-corrected chi connectivity index (χ4v) is 11.0. The highest BCUT2D eigenvalue weighted by Gasteiger charge is 2.22. The molecule has 2 amide bonds. The van der Waals surface area contributed by atoms with Gasteiger partial charge in [-0.15, -0.1) is 0 Å².